The molecule has 19 heavy (non-hydrogen) atoms. The molecule has 0 aliphatic heterocycles. The number of rotatable bonds is 4. The van der Waals surface area contributed by atoms with Crippen LogP contribution in [-0.2, 0) is 0 Å². The molecule has 2 rings (SSSR count). The van der Waals surface area contributed by atoms with E-state index < -0.39 is 0 Å². The molecule has 1 aliphatic rings. The first-order valence-electron chi connectivity index (χ1n) is 6.67. The second-order valence-electron chi connectivity index (χ2n) is 5.72. The van der Waals surface area contributed by atoms with Gasteiger partial charge in [-0.15, -0.1) is 0 Å². The predicted molar refractivity (Wildman–Crippen MR) is 79.1 cm³/mol. The molecule has 2 N–H and O–H groups in total. The van der Waals surface area contributed by atoms with Crippen molar-refractivity contribution in [2.24, 2.45) is 0 Å². The molecule has 0 spiro atoms. The van der Waals surface area contributed by atoms with Crippen molar-refractivity contribution in [2.45, 2.75) is 24.8 Å². The van der Waals surface area contributed by atoms with Gasteiger partial charge in [0.25, 0.3) is 0 Å². The van der Waals surface area contributed by atoms with Gasteiger partial charge in [0.1, 0.15) is 6.07 Å². The van der Waals surface area contributed by atoms with Crippen LogP contribution in [0.5, 0.6) is 0 Å². The summed E-state index contributed by atoms with van der Waals surface area (Å²) in [5.74, 6) is 0. The molecular formula is C15H22N4. The number of anilines is 2. The van der Waals surface area contributed by atoms with Crippen molar-refractivity contribution in [3.8, 4) is 6.07 Å². The summed E-state index contributed by atoms with van der Waals surface area (Å²) in [7, 11) is 6.33. The topological polar surface area (TPSA) is 56.3 Å². The molecule has 0 amide bonds. The summed E-state index contributed by atoms with van der Waals surface area (Å²) in [6, 6.07) is 7.78. The summed E-state index contributed by atoms with van der Waals surface area (Å²) >= 11 is 0. The number of nitrogen functional groups attached to an aromatic ring is 1. The Hall–Kier alpha value is -1.73. The van der Waals surface area contributed by atoms with Crippen LogP contribution < -0.4 is 10.6 Å². The van der Waals surface area contributed by atoms with Gasteiger partial charge >= 0.3 is 0 Å². The van der Waals surface area contributed by atoms with Gasteiger partial charge < -0.3 is 15.5 Å². The molecule has 102 valence electrons. The summed E-state index contributed by atoms with van der Waals surface area (Å²) < 4.78 is 0. The average molecular weight is 258 g/mol. The number of hydrogen-bond acceptors (Lipinski definition) is 4. The van der Waals surface area contributed by atoms with Crippen molar-refractivity contribution in [1.82, 2.24) is 4.90 Å². The molecule has 1 aromatic carbocycles. The van der Waals surface area contributed by atoms with Crippen LogP contribution >= 0.6 is 0 Å². The molecule has 1 saturated carbocycles. The van der Waals surface area contributed by atoms with Crippen LogP contribution in [0.2, 0.25) is 0 Å². The van der Waals surface area contributed by atoms with E-state index in [0.29, 0.717) is 11.3 Å². The fourth-order valence-corrected chi connectivity index (χ4v) is 2.83. The van der Waals surface area contributed by atoms with E-state index in [4.69, 9.17) is 5.73 Å². The third-order valence-corrected chi connectivity index (χ3v) is 4.32. The van der Waals surface area contributed by atoms with Crippen LogP contribution in [0.3, 0.4) is 0 Å². The number of nitrogens with two attached hydrogens (primary N) is 1. The van der Waals surface area contributed by atoms with Crippen LogP contribution in [-0.4, -0.2) is 38.1 Å². The van der Waals surface area contributed by atoms with Crippen molar-refractivity contribution in [1.29, 1.82) is 5.26 Å². The third-order valence-electron chi connectivity index (χ3n) is 4.32. The Morgan fingerprint density at radius 3 is 2.47 bits per heavy atom. The minimum absolute atomic E-state index is 0.253. The smallest absolute Gasteiger partial charge is 0.101 e. The summed E-state index contributed by atoms with van der Waals surface area (Å²) in [6.07, 6.45) is 3.74. The summed E-state index contributed by atoms with van der Waals surface area (Å²) in [4.78, 5) is 4.49. The van der Waals surface area contributed by atoms with Crippen molar-refractivity contribution >= 4 is 11.4 Å². The SMILES string of the molecule is CN(CC1(N(C)C)CCC1)c1ccc(N)cc1C#N. The van der Waals surface area contributed by atoms with Gasteiger partial charge in [-0.25, -0.2) is 0 Å². The zero-order chi connectivity index (χ0) is 14.0. The highest BCUT2D eigenvalue weighted by Crippen LogP contribution is 2.37. The Morgan fingerprint density at radius 1 is 1.32 bits per heavy atom. The molecule has 0 aromatic heterocycles. The average Bonchev–Trinajstić information content (AvgIpc) is 2.32. The molecule has 0 radical (unpaired) electrons. The minimum atomic E-state index is 0.253. The van der Waals surface area contributed by atoms with E-state index in [1.807, 2.05) is 12.1 Å². The lowest BCUT2D eigenvalue weighted by Gasteiger charge is -2.49. The number of hydrogen-bond donors (Lipinski definition) is 1. The summed E-state index contributed by atoms with van der Waals surface area (Å²) in [6.45, 7) is 0.943. The van der Waals surface area contributed by atoms with Gasteiger partial charge in [0.05, 0.1) is 11.3 Å². The van der Waals surface area contributed by atoms with Gasteiger partial charge in [-0.2, -0.15) is 5.26 Å². The molecule has 0 heterocycles. The highest BCUT2D eigenvalue weighted by Gasteiger charge is 2.40. The standard InChI is InChI=1S/C15H22N4/c1-18(2)15(7-4-8-15)11-19(3)14-6-5-13(17)9-12(14)10-16/h5-6,9H,4,7-8,11,17H2,1-3H3. The largest absolute Gasteiger partial charge is 0.399 e. The molecule has 0 atom stereocenters. The Balaban J connectivity index is 2.21. The van der Waals surface area contributed by atoms with E-state index in [-0.39, 0.29) is 5.54 Å². The molecule has 4 heteroatoms. The molecule has 0 saturated heterocycles. The fraction of sp³-hybridized carbons (Fsp3) is 0.533. The van der Waals surface area contributed by atoms with E-state index in [9.17, 15) is 5.26 Å². The highest BCUT2D eigenvalue weighted by molar-refractivity contribution is 5.64. The first kappa shape index (κ1) is 13.7. The maximum atomic E-state index is 9.23. The van der Waals surface area contributed by atoms with Gasteiger partial charge in [-0.1, -0.05) is 0 Å². The van der Waals surface area contributed by atoms with Crippen LogP contribution in [0.15, 0.2) is 18.2 Å². The van der Waals surface area contributed by atoms with Crippen LogP contribution in [0, 0.1) is 11.3 Å². The normalized spacial score (nSPS) is 16.8. The Bertz CT molecular complexity index is 497. The third kappa shape index (κ3) is 2.52. The Kier molecular flexibility index (Phi) is 3.68. The van der Waals surface area contributed by atoms with Crippen molar-refractivity contribution < 1.29 is 0 Å². The summed E-state index contributed by atoms with van der Waals surface area (Å²) in [5.41, 5.74) is 8.24. The monoisotopic (exact) mass is 258 g/mol. The molecule has 1 fully saturated rings. The lowest BCUT2D eigenvalue weighted by molar-refractivity contribution is 0.0683. The van der Waals surface area contributed by atoms with Crippen LogP contribution in [0.4, 0.5) is 11.4 Å². The molecule has 1 aliphatic carbocycles. The first-order chi connectivity index (χ1) is 8.98. The quantitative estimate of drug-likeness (QED) is 0.840. The van der Waals surface area contributed by atoms with E-state index >= 15 is 0 Å². The second kappa shape index (κ2) is 5.10. The fourth-order valence-electron chi connectivity index (χ4n) is 2.83. The highest BCUT2D eigenvalue weighted by atomic mass is 15.2. The number of nitrogens with zero attached hydrogens (tertiary/aromatic N) is 3. The van der Waals surface area contributed by atoms with E-state index in [2.05, 4.69) is 37.0 Å². The first-order valence-corrected chi connectivity index (χ1v) is 6.67. The zero-order valence-corrected chi connectivity index (χ0v) is 12.0. The summed E-state index contributed by atoms with van der Waals surface area (Å²) in [5, 5.41) is 9.23. The maximum Gasteiger partial charge on any atom is 0.101 e. The van der Waals surface area contributed by atoms with E-state index in [1.54, 1.807) is 6.07 Å². The van der Waals surface area contributed by atoms with E-state index in [0.717, 1.165) is 12.2 Å². The minimum Gasteiger partial charge on any atom is -0.399 e. The lowest BCUT2D eigenvalue weighted by Crippen LogP contribution is -2.56. The van der Waals surface area contributed by atoms with Crippen molar-refractivity contribution in [2.75, 3.05) is 38.3 Å². The Morgan fingerprint density at radius 2 is 2.00 bits per heavy atom. The zero-order valence-electron chi connectivity index (χ0n) is 12.0. The number of benzene rings is 1. The van der Waals surface area contributed by atoms with Crippen LogP contribution in [0.25, 0.3) is 0 Å². The lowest BCUT2D eigenvalue weighted by atomic mass is 9.75. The molecule has 4 nitrogen and oxygen atoms in total. The number of nitriles is 1. The molecule has 0 bridgehead atoms. The van der Waals surface area contributed by atoms with Gasteiger partial charge in [0, 0.05) is 24.8 Å². The number of likely N-dealkylation sites (N-methyl/N-ethyl adjacent to an activating group) is 2. The maximum absolute atomic E-state index is 9.23. The van der Waals surface area contributed by atoms with Crippen molar-refractivity contribution in [3.63, 3.8) is 0 Å². The Labute approximate surface area is 115 Å². The van der Waals surface area contributed by atoms with Gasteiger partial charge in [-0.3, -0.25) is 0 Å². The van der Waals surface area contributed by atoms with Gasteiger partial charge in [-0.05, 0) is 51.6 Å². The van der Waals surface area contributed by atoms with Gasteiger partial charge in [0.2, 0.25) is 0 Å². The molecule has 1 aromatic rings. The van der Waals surface area contributed by atoms with E-state index in [1.165, 1.54) is 19.3 Å². The predicted octanol–water partition coefficient (Wildman–Crippen LogP) is 2.06. The van der Waals surface area contributed by atoms with Crippen LogP contribution in [0.1, 0.15) is 24.8 Å². The molecule has 0 unspecified atom stereocenters. The second-order valence-corrected chi connectivity index (χ2v) is 5.72. The van der Waals surface area contributed by atoms with Crippen molar-refractivity contribution in [3.05, 3.63) is 23.8 Å². The molecular weight excluding hydrogens is 236 g/mol. The van der Waals surface area contributed by atoms with Gasteiger partial charge in [0.15, 0.2) is 0 Å².